The number of benzene rings is 2. The molecule has 2 heterocycles. The van der Waals surface area contributed by atoms with E-state index < -0.39 is 11.6 Å². The monoisotopic (exact) mass is 480 g/mol. The number of ether oxygens (including phenoxy) is 2. The zero-order chi connectivity index (χ0) is 24.4. The van der Waals surface area contributed by atoms with Crippen molar-refractivity contribution in [2.45, 2.75) is 18.9 Å². The lowest BCUT2D eigenvalue weighted by molar-refractivity contribution is -0.123. The lowest BCUT2D eigenvalue weighted by Crippen LogP contribution is -2.30. The summed E-state index contributed by atoms with van der Waals surface area (Å²) in [5.74, 6) is -0.608. The molecule has 2 aromatic carbocycles. The van der Waals surface area contributed by atoms with Gasteiger partial charge in [0.15, 0.2) is 35.3 Å². The van der Waals surface area contributed by atoms with E-state index in [4.69, 9.17) is 13.9 Å². The Morgan fingerprint density at radius 1 is 1.17 bits per heavy atom. The number of H-pyrrole nitrogens is 1. The fourth-order valence-electron chi connectivity index (χ4n) is 3.32. The predicted molar refractivity (Wildman–Crippen MR) is 125 cm³/mol. The number of oxazole rings is 1. The summed E-state index contributed by atoms with van der Waals surface area (Å²) in [4.78, 5) is 34.0. The Bertz CT molecular complexity index is 1450. The zero-order valence-corrected chi connectivity index (χ0v) is 18.6. The summed E-state index contributed by atoms with van der Waals surface area (Å²) in [5.41, 5.74) is 1.87. The van der Waals surface area contributed by atoms with Crippen molar-refractivity contribution in [2.24, 2.45) is 0 Å². The molecule has 1 aliphatic rings. The standard InChI is InChI=1S/C23H21FN6O5/c1-33-18-7-5-14(9-19(18)34-11-20(31)26-12-2-3-12)28-22-25-10-15(24)21(30-22)27-13-4-6-17-16(8-13)29-23(32)35-17/h4-10,12H,2-3,11H2,1H3,(H,26,31)(H,29,32)(H2,25,27,28,30). The number of methoxy groups -OCH3 is 1. The molecule has 5 rings (SSSR count). The maximum Gasteiger partial charge on any atom is 0.417 e. The first-order valence-corrected chi connectivity index (χ1v) is 10.8. The number of aromatic nitrogens is 3. The van der Waals surface area contributed by atoms with E-state index in [0.29, 0.717) is 34.0 Å². The Kier molecular flexibility index (Phi) is 5.92. The molecule has 0 spiro atoms. The van der Waals surface area contributed by atoms with Gasteiger partial charge in [0.1, 0.15) is 0 Å². The summed E-state index contributed by atoms with van der Waals surface area (Å²) >= 11 is 0. The van der Waals surface area contributed by atoms with Crippen LogP contribution in [0.15, 0.2) is 51.8 Å². The van der Waals surface area contributed by atoms with Crippen molar-refractivity contribution in [1.82, 2.24) is 20.3 Å². The summed E-state index contributed by atoms with van der Waals surface area (Å²) in [7, 11) is 1.50. The molecule has 4 aromatic rings. The third kappa shape index (κ3) is 5.32. The van der Waals surface area contributed by atoms with Gasteiger partial charge in [-0.2, -0.15) is 4.98 Å². The molecule has 0 radical (unpaired) electrons. The van der Waals surface area contributed by atoms with Crippen LogP contribution in [0.25, 0.3) is 11.1 Å². The largest absolute Gasteiger partial charge is 0.493 e. The molecule has 12 heteroatoms. The molecule has 35 heavy (non-hydrogen) atoms. The first-order chi connectivity index (χ1) is 17.0. The second-order valence-corrected chi connectivity index (χ2v) is 7.86. The van der Waals surface area contributed by atoms with Gasteiger partial charge < -0.3 is 29.8 Å². The van der Waals surface area contributed by atoms with Gasteiger partial charge in [-0.25, -0.2) is 14.2 Å². The van der Waals surface area contributed by atoms with E-state index in [9.17, 15) is 14.0 Å². The summed E-state index contributed by atoms with van der Waals surface area (Å²) in [5, 5.41) is 8.70. The first kappa shape index (κ1) is 22.2. The molecule has 1 saturated carbocycles. The number of amides is 1. The van der Waals surface area contributed by atoms with Gasteiger partial charge in [-0.1, -0.05) is 0 Å². The molecule has 1 fully saturated rings. The van der Waals surface area contributed by atoms with Crippen LogP contribution in [0.4, 0.5) is 27.5 Å². The quantitative estimate of drug-likeness (QED) is 0.284. The highest BCUT2D eigenvalue weighted by Crippen LogP contribution is 2.31. The number of hydrogen-bond acceptors (Lipinski definition) is 9. The Morgan fingerprint density at radius 2 is 1.97 bits per heavy atom. The van der Waals surface area contributed by atoms with Crippen molar-refractivity contribution in [2.75, 3.05) is 24.4 Å². The molecule has 4 N–H and O–H groups in total. The third-order valence-corrected chi connectivity index (χ3v) is 5.15. The number of rotatable bonds is 9. The van der Waals surface area contributed by atoms with Crippen LogP contribution in [0.3, 0.4) is 0 Å². The number of hydrogen-bond donors (Lipinski definition) is 4. The summed E-state index contributed by atoms with van der Waals surface area (Å²) in [6.07, 6.45) is 3.00. The van der Waals surface area contributed by atoms with Crippen molar-refractivity contribution in [3.63, 3.8) is 0 Å². The van der Waals surface area contributed by atoms with Gasteiger partial charge in [0, 0.05) is 23.5 Å². The molecule has 0 bridgehead atoms. The van der Waals surface area contributed by atoms with Crippen molar-refractivity contribution >= 4 is 40.1 Å². The van der Waals surface area contributed by atoms with Gasteiger partial charge >= 0.3 is 5.76 Å². The fourth-order valence-corrected chi connectivity index (χ4v) is 3.32. The normalized spacial score (nSPS) is 12.9. The summed E-state index contributed by atoms with van der Waals surface area (Å²) < 4.78 is 30.3. The molecule has 0 unspecified atom stereocenters. The van der Waals surface area contributed by atoms with Crippen LogP contribution in [-0.4, -0.2) is 40.6 Å². The van der Waals surface area contributed by atoms with Gasteiger partial charge in [0.2, 0.25) is 5.95 Å². The Labute approximate surface area is 197 Å². The van der Waals surface area contributed by atoms with Crippen molar-refractivity contribution in [1.29, 1.82) is 0 Å². The SMILES string of the molecule is COc1ccc(Nc2ncc(F)c(Nc3ccc4oc(=O)[nH]c4c3)n2)cc1OCC(=O)NC1CC1. The average molecular weight is 480 g/mol. The van der Waals surface area contributed by atoms with E-state index in [1.54, 1.807) is 36.4 Å². The highest BCUT2D eigenvalue weighted by Gasteiger charge is 2.23. The zero-order valence-electron chi connectivity index (χ0n) is 18.6. The molecule has 0 atom stereocenters. The van der Waals surface area contributed by atoms with E-state index in [2.05, 4.69) is 30.9 Å². The Balaban J connectivity index is 1.31. The second-order valence-electron chi connectivity index (χ2n) is 7.86. The molecule has 180 valence electrons. The van der Waals surface area contributed by atoms with Gasteiger partial charge in [-0.05, 0) is 43.2 Å². The lowest BCUT2D eigenvalue weighted by atomic mass is 10.2. The van der Waals surface area contributed by atoms with Crippen molar-refractivity contribution in [3.05, 3.63) is 59.0 Å². The molecular formula is C23H21FN6O5. The van der Waals surface area contributed by atoms with Crippen LogP contribution in [0.2, 0.25) is 0 Å². The first-order valence-electron chi connectivity index (χ1n) is 10.8. The van der Waals surface area contributed by atoms with Crippen LogP contribution in [0.1, 0.15) is 12.8 Å². The molecular weight excluding hydrogens is 459 g/mol. The van der Waals surface area contributed by atoms with Gasteiger partial charge in [-0.15, -0.1) is 0 Å². The minimum atomic E-state index is -0.670. The maximum atomic E-state index is 14.4. The number of anilines is 4. The topological polar surface area (TPSA) is 143 Å². The summed E-state index contributed by atoms with van der Waals surface area (Å²) in [6.45, 7) is -0.149. The van der Waals surface area contributed by atoms with Crippen LogP contribution < -0.4 is 31.2 Å². The molecule has 11 nitrogen and oxygen atoms in total. The molecule has 1 aliphatic carbocycles. The maximum absolute atomic E-state index is 14.4. The highest BCUT2D eigenvalue weighted by atomic mass is 19.1. The van der Waals surface area contributed by atoms with Gasteiger partial charge in [0.25, 0.3) is 5.91 Å². The van der Waals surface area contributed by atoms with E-state index in [-0.39, 0.29) is 30.3 Å². The second kappa shape index (κ2) is 9.33. The van der Waals surface area contributed by atoms with Crippen LogP contribution >= 0.6 is 0 Å². The van der Waals surface area contributed by atoms with Crippen LogP contribution in [-0.2, 0) is 4.79 Å². The van der Waals surface area contributed by atoms with E-state index in [0.717, 1.165) is 19.0 Å². The molecule has 1 amide bonds. The Morgan fingerprint density at radius 3 is 2.77 bits per heavy atom. The number of carbonyl (C=O) groups is 1. The minimum absolute atomic E-state index is 0.0746. The number of nitrogens with one attached hydrogen (secondary N) is 4. The van der Waals surface area contributed by atoms with Crippen LogP contribution in [0.5, 0.6) is 11.5 Å². The average Bonchev–Trinajstić information content (AvgIpc) is 3.57. The summed E-state index contributed by atoms with van der Waals surface area (Å²) in [6, 6.07) is 10.0. The van der Waals surface area contributed by atoms with E-state index in [1.807, 2.05) is 0 Å². The molecule has 0 saturated heterocycles. The van der Waals surface area contributed by atoms with E-state index >= 15 is 0 Å². The van der Waals surface area contributed by atoms with Gasteiger partial charge in [0.05, 0.1) is 18.8 Å². The third-order valence-electron chi connectivity index (χ3n) is 5.15. The number of halogens is 1. The van der Waals surface area contributed by atoms with E-state index in [1.165, 1.54) is 7.11 Å². The fraction of sp³-hybridized carbons (Fsp3) is 0.217. The predicted octanol–water partition coefficient (Wildman–Crippen LogP) is 3.20. The molecule has 2 aromatic heterocycles. The van der Waals surface area contributed by atoms with Crippen molar-refractivity contribution < 1.29 is 23.1 Å². The number of aromatic amines is 1. The minimum Gasteiger partial charge on any atom is -0.493 e. The number of carbonyl (C=O) groups excluding carboxylic acids is 1. The Hall–Kier alpha value is -4.61. The lowest BCUT2D eigenvalue weighted by Gasteiger charge is -2.13. The van der Waals surface area contributed by atoms with Gasteiger partial charge in [-0.3, -0.25) is 9.78 Å². The number of nitrogens with zero attached hydrogens (tertiary/aromatic N) is 2. The van der Waals surface area contributed by atoms with Crippen molar-refractivity contribution in [3.8, 4) is 11.5 Å². The van der Waals surface area contributed by atoms with Crippen LogP contribution in [0, 0.1) is 5.82 Å². The molecule has 0 aliphatic heterocycles. The highest BCUT2D eigenvalue weighted by molar-refractivity contribution is 5.79. The number of fused-ring (bicyclic) bond motifs is 1. The smallest absolute Gasteiger partial charge is 0.417 e.